The first-order chi connectivity index (χ1) is 10.7. The third-order valence-electron chi connectivity index (χ3n) is 4.52. The number of hydrogen-bond acceptors (Lipinski definition) is 2. The first-order valence-electron chi connectivity index (χ1n) is 7.81. The molecule has 2 aromatic rings. The van der Waals surface area contributed by atoms with Gasteiger partial charge in [-0.3, -0.25) is 0 Å². The predicted octanol–water partition coefficient (Wildman–Crippen LogP) is 5.10. The zero-order valence-electron chi connectivity index (χ0n) is 13.4. The Morgan fingerprint density at radius 1 is 1.00 bits per heavy atom. The number of piperidine rings is 1. The van der Waals surface area contributed by atoms with Crippen LogP contribution in [0.1, 0.15) is 24.0 Å². The van der Waals surface area contributed by atoms with Gasteiger partial charge in [0, 0.05) is 16.1 Å². The summed E-state index contributed by atoms with van der Waals surface area (Å²) in [5.41, 5.74) is 2.19. The standard InChI is InChI=1S/C19H22FNS.ClH/c1-21-13-11-19(12-14-21,17-9-5-6-10-18(17)20)22-15-16-7-3-2-4-8-16;/h2-10H,11-15H2,1H3;1H. The topological polar surface area (TPSA) is 3.24 Å². The smallest absolute Gasteiger partial charge is 0.127 e. The molecule has 2 aromatic carbocycles. The minimum Gasteiger partial charge on any atom is -0.306 e. The summed E-state index contributed by atoms with van der Waals surface area (Å²) in [6, 6.07) is 17.8. The largest absolute Gasteiger partial charge is 0.306 e. The molecular weight excluding hydrogens is 329 g/mol. The summed E-state index contributed by atoms with van der Waals surface area (Å²) in [5, 5.41) is 0. The maximum atomic E-state index is 14.4. The van der Waals surface area contributed by atoms with Crippen LogP contribution in [0, 0.1) is 5.82 Å². The lowest BCUT2D eigenvalue weighted by Crippen LogP contribution is -2.39. The van der Waals surface area contributed by atoms with Crippen LogP contribution in [-0.2, 0) is 10.5 Å². The molecule has 0 saturated carbocycles. The van der Waals surface area contributed by atoms with Crippen LogP contribution in [0.3, 0.4) is 0 Å². The van der Waals surface area contributed by atoms with E-state index in [1.54, 1.807) is 12.1 Å². The number of halogens is 2. The van der Waals surface area contributed by atoms with E-state index in [1.165, 1.54) is 5.56 Å². The Labute approximate surface area is 148 Å². The van der Waals surface area contributed by atoms with Crippen molar-refractivity contribution in [3.63, 3.8) is 0 Å². The molecule has 124 valence electrons. The minimum atomic E-state index is -0.103. The van der Waals surface area contributed by atoms with Crippen molar-refractivity contribution in [3.8, 4) is 0 Å². The Balaban J connectivity index is 0.00000192. The zero-order valence-corrected chi connectivity index (χ0v) is 15.0. The Kier molecular flexibility index (Phi) is 6.51. The van der Waals surface area contributed by atoms with E-state index in [2.05, 4.69) is 36.2 Å². The van der Waals surface area contributed by atoms with Crippen LogP contribution in [0.2, 0.25) is 0 Å². The molecule has 23 heavy (non-hydrogen) atoms. The van der Waals surface area contributed by atoms with Gasteiger partial charge in [-0.1, -0.05) is 48.5 Å². The van der Waals surface area contributed by atoms with Gasteiger partial charge in [0.15, 0.2) is 0 Å². The molecule has 1 saturated heterocycles. The van der Waals surface area contributed by atoms with Gasteiger partial charge >= 0.3 is 0 Å². The van der Waals surface area contributed by atoms with Crippen molar-refractivity contribution in [1.29, 1.82) is 0 Å². The maximum Gasteiger partial charge on any atom is 0.127 e. The fourth-order valence-corrected chi connectivity index (χ4v) is 4.53. The van der Waals surface area contributed by atoms with Crippen molar-refractivity contribution in [1.82, 2.24) is 4.90 Å². The molecular formula is C19H23ClFNS. The molecule has 0 radical (unpaired) electrons. The highest BCUT2D eigenvalue weighted by Gasteiger charge is 2.37. The second-order valence-electron chi connectivity index (χ2n) is 6.05. The lowest BCUT2D eigenvalue weighted by molar-refractivity contribution is 0.237. The summed E-state index contributed by atoms with van der Waals surface area (Å²) in [6.45, 7) is 2.05. The van der Waals surface area contributed by atoms with Gasteiger partial charge in [-0.25, -0.2) is 4.39 Å². The average molecular weight is 352 g/mol. The monoisotopic (exact) mass is 351 g/mol. The van der Waals surface area contributed by atoms with Gasteiger partial charge in [-0.15, -0.1) is 24.2 Å². The van der Waals surface area contributed by atoms with Gasteiger partial charge < -0.3 is 4.90 Å². The van der Waals surface area contributed by atoms with E-state index in [0.29, 0.717) is 0 Å². The van der Waals surface area contributed by atoms with Crippen molar-refractivity contribution >= 4 is 24.2 Å². The molecule has 1 aliphatic rings. The third kappa shape index (κ3) is 4.28. The number of benzene rings is 2. The second-order valence-corrected chi connectivity index (χ2v) is 7.41. The Hall–Kier alpha value is -1.03. The van der Waals surface area contributed by atoms with E-state index in [9.17, 15) is 4.39 Å². The third-order valence-corrected chi connectivity index (χ3v) is 6.18. The SMILES string of the molecule is CN1CCC(SCc2ccccc2)(c2ccccc2F)CC1.Cl. The van der Waals surface area contributed by atoms with E-state index in [1.807, 2.05) is 30.0 Å². The van der Waals surface area contributed by atoms with Crippen molar-refractivity contribution in [2.45, 2.75) is 23.3 Å². The van der Waals surface area contributed by atoms with Crippen molar-refractivity contribution in [3.05, 3.63) is 71.5 Å². The van der Waals surface area contributed by atoms with E-state index in [-0.39, 0.29) is 23.0 Å². The van der Waals surface area contributed by atoms with E-state index in [0.717, 1.165) is 37.2 Å². The van der Waals surface area contributed by atoms with Crippen LogP contribution in [-0.4, -0.2) is 25.0 Å². The fraction of sp³-hybridized carbons (Fsp3) is 0.368. The van der Waals surface area contributed by atoms with Crippen molar-refractivity contribution in [2.24, 2.45) is 0 Å². The second kappa shape index (κ2) is 8.18. The summed E-state index contributed by atoms with van der Waals surface area (Å²) in [7, 11) is 2.15. The summed E-state index contributed by atoms with van der Waals surface area (Å²) in [4.78, 5) is 2.34. The number of rotatable bonds is 4. The van der Waals surface area contributed by atoms with E-state index in [4.69, 9.17) is 0 Å². The molecule has 1 heterocycles. The Morgan fingerprint density at radius 3 is 2.26 bits per heavy atom. The molecule has 1 fully saturated rings. The van der Waals surface area contributed by atoms with E-state index >= 15 is 0 Å². The molecule has 0 aliphatic carbocycles. The number of likely N-dealkylation sites (tertiary alicyclic amines) is 1. The number of nitrogens with zero attached hydrogens (tertiary/aromatic N) is 1. The first kappa shape index (κ1) is 18.3. The van der Waals surface area contributed by atoms with Crippen LogP contribution >= 0.6 is 24.2 Å². The average Bonchev–Trinajstić information content (AvgIpc) is 2.56. The molecule has 3 rings (SSSR count). The summed E-state index contributed by atoms with van der Waals surface area (Å²) >= 11 is 1.90. The van der Waals surface area contributed by atoms with Gasteiger partial charge in [0.2, 0.25) is 0 Å². The summed E-state index contributed by atoms with van der Waals surface area (Å²) in [6.07, 6.45) is 2.00. The van der Waals surface area contributed by atoms with Crippen LogP contribution in [0.4, 0.5) is 4.39 Å². The van der Waals surface area contributed by atoms with Crippen molar-refractivity contribution < 1.29 is 4.39 Å². The molecule has 0 bridgehead atoms. The summed E-state index contributed by atoms with van der Waals surface area (Å²) < 4.78 is 14.3. The lowest BCUT2D eigenvalue weighted by Gasteiger charge is -2.41. The molecule has 0 N–H and O–H groups in total. The van der Waals surface area contributed by atoms with Gasteiger partial charge in [-0.05, 0) is 44.6 Å². The number of hydrogen-bond donors (Lipinski definition) is 0. The molecule has 0 unspecified atom stereocenters. The summed E-state index contributed by atoms with van der Waals surface area (Å²) in [5.74, 6) is 0.867. The molecule has 0 atom stereocenters. The molecule has 0 spiro atoms. The fourth-order valence-electron chi connectivity index (χ4n) is 3.10. The quantitative estimate of drug-likeness (QED) is 0.753. The molecule has 1 aliphatic heterocycles. The van der Waals surface area contributed by atoms with Gasteiger partial charge in [-0.2, -0.15) is 0 Å². The minimum absolute atomic E-state index is 0. The van der Waals surface area contributed by atoms with E-state index < -0.39 is 0 Å². The number of thioether (sulfide) groups is 1. The lowest BCUT2D eigenvalue weighted by atomic mass is 9.88. The highest BCUT2D eigenvalue weighted by atomic mass is 35.5. The molecule has 1 nitrogen and oxygen atoms in total. The first-order valence-corrected chi connectivity index (χ1v) is 8.80. The maximum absolute atomic E-state index is 14.4. The van der Waals surface area contributed by atoms with Gasteiger partial charge in [0.25, 0.3) is 0 Å². The normalized spacial score (nSPS) is 17.5. The van der Waals surface area contributed by atoms with Crippen LogP contribution in [0.5, 0.6) is 0 Å². The Morgan fingerprint density at radius 2 is 1.61 bits per heavy atom. The van der Waals surface area contributed by atoms with Crippen LogP contribution < -0.4 is 0 Å². The molecule has 4 heteroatoms. The van der Waals surface area contributed by atoms with Gasteiger partial charge in [0.05, 0.1) is 0 Å². The zero-order chi connectivity index (χ0) is 15.4. The highest BCUT2D eigenvalue weighted by molar-refractivity contribution is 7.99. The Bertz CT molecular complexity index is 612. The van der Waals surface area contributed by atoms with Crippen LogP contribution in [0.25, 0.3) is 0 Å². The molecule has 0 aromatic heterocycles. The van der Waals surface area contributed by atoms with Gasteiger partial charge in [0.1, 0.15) is 5.82 Å². The highest BCUT2D eigenvalue weighted by Crippen LogP contribution is 2.47. The van der Waals surface area contributed by atoms with Crippen LogP contribution in [0.15, 0.2) is 54.6 Å². The predicted molar refractivity (Wildman–Crippen MR) is 99.8 cm³/mol. The molecule has 0 amide bonds. The van der Waals surface area contributed by atoms with Crippen molar-refractivity contribution in [2.75, 3.05) is 20.1 Å².